The summed E-state index contributed by atoms with van der Waals surface area (Å²) < 4.78 is 0. The Bertz CT molecular complexity index is 566. The van der Waals surface area contributed by atoms with E-state index in [0.717, 1.165) is 30.9 Å². The van der Waals surface area contributed by atoms with Crippen molar-refractivity contribution in [1.29, 1.82) is 0 Å². The molecule has 1 aromatic carbocycles. The zero-order chi connectivity index (χ0) is 17.2. The maximum Gasteiger partial charge on any atom is 0.244 e. The summed E-state index contributed by atoms with van der Waals surface area (Å²) in [7, 11) is 0. The predicted molar refractivity (Wildman–Crippen MR) is 114 cm³/mol. The summed E-state index contributed by atoms with van der Waals surface area (Å²) in [6.07, 6.45) is 6.36. The van der Waals surface area contributed by atoms with E-state index in [1.807, 2.05) is 49.1 Å². The van der Waals surface area contributed by atoms with E-state index in [4.69, 9.17) is 0 Å². The van der Waals surface area contributed by atoms with Crippen LogP contribution >= 0.6 is 24.0 Å². The number of nitrogens with zero attached hydrogens (tertiary/aromatic N) is 2. The summed E-state index contributed by atoms with van der Waals surface area (Å²) in [6.45, 7) is 6.28. The average molecular weight is 456 g/mol. The third kappa shape index (κ3) is 7.46. The third-order valence-corrected chi connectivity index (χ3v) is 4.02. The fourth-order valence-corrected chi connectivity index (χ4v) is 2.68. The van der Waals surface area contributed by atoms with Gasteiger partial charge in [0.05, 0.1) is 0 Å². The van der Waals surface area contributed by atoms with Crippen LogP contribution in [0.1, 0.15) is 32.3 Å². The lowest BCUT2D eigenvalue weighted by atomic mass is 10.2. The number of benzene rings is 1. The van der Waals surface area contributed by atoms with Gasteiger partial charge >= 0.3 is 0 Å². The van der Waals surface area contributed by atoms with Crippen molar-refractivity contribution < 1.29 is 4.79 Å². The number of rotatable bonds is 7. The van der Waals surface area contributed by atoms with E-state index < -0.39 is 0 Å². The molecule has 2 N–H and O–H groups in total. The molecule has 0 fully saturated rings. The zero-order valence-electron chi connectivity index (χ0n) is 15.1. The normalized spacial score (nSPS) is 14.1. The number of likely N-dealkylation sites (N-methyl/N-ethyl adjacent to an activating group) is 1. The van der Waals surface area contributed by atoms with E-state index in [1.54, 1.807) is 0 Å². The highest BCUT2D eigenvalue weighted by molar-refractivity contribution is 14.0. The van der Waals surface area contributed by atoms with Gasteiger partial charge < -0.3 is 15.5 Å². The lowest BCUT2D eigenvalue weighted by Crippen LogP contribution is -2.43. The molecular formula is C19H29IN4O. The van der Waals surface area contributed by atoms with Crippen molar-refractivity contribution >= 4 is 35.8 Å². The molecule has 0 spiro atoms. The van der Waals surface area contributed by atoms with Gasteiger partial charge in [0, 0.05) is 25.7 Å². The molecule has 138 valence electrons. The molecule has 1 amide bonds. The number of amides is 1. The summed E-state index contributed by atoms with van der Waals surface area (Å²) >= 11 is 0. The van der Waals surface area contributed by atoms with Gasteiger partial charge in [-0.25, -0.2) is 4.99 Å². The molecule has 5 nitrogen and oxygen atoms in total. The summed E-state index contributed by atoms with van der Waals surface area (Å²) in [5, 5.41) is 6.60. The Kier molecular flexibility index (Phi) is 10.2. The number of aliphatic imine (C=N–C) groups is 1. The van der Waals surface area contributed by atoms with E-state index >= 15 is 0 Å². The molecule has 6 heteroatoms. The fraction of sp³-hybridized carbons (Fsp3) is 0.474. The molecule has 0 heterocycles. The minimum absolute atomic E-state index is 0. The number of carbonyl (C=O) groups is 1. The monoisotopic (exact) mass is 456 g/mol. The molecule has 1 aliphatic rings. The van der Waals surface area contributed by atoms with Crippen molar-refractivity contribution in [3.05, 3.63) is 48.0 Å². The molecular weight excluding hydrogens is 427 g/mol. The Morgan fingerprint density at radius 2 is 1.88 bits per heavy atom. The van der Waals surface area contributed by atoms with E-state index in [2.05, 4.69) is 27.8 Å². The SMILES string of the molecule is CCNC(=NCC(=O)N(CC)Cc1ccccc1)NC1CC=CC1.I. The standard InChI is InChI=1S/C19H28N4O.HI/c1-3-20-19(22-17-12-8-9-13-17)21-14-18(24)23(4-2)15-16-10-6-5-7-11-16;/h5-11,17H,3-4,12-15H2,1-2H3,(H2,20,21,22);1H. The second-order valence-electron chi connectivity index (χ2n) is 5.87. The first kappa shape index (κ1) is 21.5. The van der Waals surface area contributed by atoms with Gasteiger partial charge in [0.1, 0.15) is 6.54 Å². The number of halogens is 1. The van der Waals surface area contributed by atoms with Crippen molar-refractivity contribution in [2.24, 2.45) is 4.99 Å². The van der Waals surface area contributed by atoms with E-state index in [9.17, 15) is 4.79 Å². The molecule has 0 saturated heterocycles. The van der Waals surface area contributed by atoms with E-state index in [1.165, 1.54) is 0 Å². The minimum Gasteiger partial charge on any atom is -0.357 e. The van der Waals surface area contributed by atoms with Crippen LogP contribution in [0.15, 0.2) is 47.5 Å². The molecule has 25 heavy (non-hydrogen) atoms. The first-order valence-corrected chi connectivity index (χ1v) is 8.74. The average Bonchev–Trinajstić information content (AvgIpc) is 3.11. The first-order valence-electron chi connectivity index (χ1n) is 8.74. The van der Waals surface area contributed by atoms with Crippen molar-refractivity contribution in [3.8, 4) is 0 Å². The van der Waals surface area contributed by atoms with Crippen molar-refractivity contribution in [3.63, 3.8) is 0 Å². The number of guanidine groups is 1. The van der Waals surface area contributed by atoms with Gasteiger partial charge in [0.2, 0.25) is 5.91 Å². The third-order valence-electron chi connectivity index (χ3n) is 4.02. The van der Waals surface area contributed by atoms with Crippen LogP contribution in [0.5, 0.6) is 0 Å². The van der Waals surface area contributed by atoms with Crippen LogP contribution in [0.25, 0.3) is 0 Å². The molecule has 1 aliphatic carbocycles. The van der Waals surface area contributed by atoms with Crippen molar-refractivity contribution in [1.82, 2.24) is 15.5 Å². The molecule has 0 aromatic heterocycles. The largest absolute Gasteiger partial charge is 0.357 e. The topological polar surface area (TPSA) is 56.7 Å². The molecule has 0 radical (unpaired) electrons. The molecule has 0 unspecified atom stereocenters. The highest BCUT2D eigenvalue weighted by Gasteiger charge is 2.14. The number of carbonyl (C=O) groups excluding carboxylic acids is 1. The van der Waals surface area contributed by atoms with Crippen LogP contribution in [0.4, 0.5) is 0 Å². The van der Waals surface area contributed by atoms with Crippen LogP contribution in [0.3, 0.4) is 0 Å². The molecule has 0 atom stereocenters. The first-order chi connectivity index (χ1) is 11.7. The lowest BCUT2D eigenvalue weighted by molar-refractivity contribution is -0.130. The van der Waals surface area contributed by atoms with Gasteiger partial charge in [-0.05, 0) is 32.3 Å². The van der Waals surface area contributed by atoms with E-state index in [-0.39, 0.29) is 36.4 Å². The quantitative estimate of drug-likeness (QED) is 0.287. The van der Waals surface area contributed by atoms with Gasteiger partial charge in [0.25, 0.3) is 0 Å². The zero-order valence-corrected chi connectivity index (χ0v) is 17.4. The van der Waals surface area contributed by atoms with Gasteiger partial charge in [-0.2, -0.15) is 0 Å². The summed E-state index contributed by atoms with van der Waals surface area (Å²) in [4.78, 5) is 18.8. The van der Waals surface area contributed by atoms with Crippen LogP contribution in [-0.4, -0.2) is 42.4 Å². The van der Waals surface area contributed by atoms with E-state index in [0.29, 0.717) is 19.1 Å². The van der Waals surface area contributed by atoms with Gasteiger partial charge in [-0.15, -0.1) is 24.0 Å². The molecule has 0 bridgehead atoms. The van der Waals surface area contributed by atoms with Crippen LogP contribution in [-0.2, 0) is 11.3 Å². The summed E-state index contributed by atoms with van der Waals surface area (Å²) in [6, 6.07) is 10.4. The van der Waals surface area contributed by atoms with Gasteiger partial charge in [-0.3, -0.25) is 4.79 Å². The lowest BCUT2D eigenvalue weighted by Gasteiger charge is -2.21. The predicted octanol–water partition coefficient (Wildman–Crippen LogP) is 2.93. The highest BCUT2D eigenvalue weighted by Crippen LogP contribution is 2.09. The van der Waals surface area contributed by atoms with Crippen molar-refractivity contribution in [2.75, 3.05) is 19.6 Å². The smallest absolute Gasteiger partial charge is 0.244 e. The number of hydrogen-bond donors (Lipinski definition) is 2. The second kappa shape index (κ2) is 11.9. The van der Waals surface area contributed by atoms with Gasteiger partial charge in [0.15, 0.2) is 5.96 Å². The molecule has 0 saturated carbocycles. The van der Waals surface area contributed by atoms with Crippen LogP contribution in [0, 0.1) is 0 Å². The Labute approximate surface area is 168 Å². The Morgan fingerprint density at radius 1 is 1.20 bits per heavy atom. The van der Waals surface area contributed by atoms with Crippen molar-refractivity contribution in [2.45, 2.75) is 39.3 Å². The minimum atomic E-state index is 0. The number of hydrogen-bond acceptors (Lipinski definition) is 2. The fourth-order valence-electron chi connectivity index (χ4n) is 2.68. The maximum absolute atomic E-state index is 12.5. The Hall–Kier alpha value is -1.57. The molecule has 2 rings (SSSR count). The molecule has 0 aliphatic heterocycles. The maximum atomic E-state index is 12.5. The Balaban J connectivity index is 0.00000312. The molecule has 1 aromatic rings. The Morgan fingerprint density at radius 3 is 2.48 bits per heavy atom. The second-order valence-corrected chi connectivity index (χ2v) is 5.87. The van der Waals surface area contributed by atoms with Crippen LogP contribution in [0.2, 0.25) is 0 Å². The summed E-state index contributed by atoms with van der Waals surface area (Å²) in [5.74, 6) is 0.762. The number of nitrogens with one attached hydrogen (secondary N) is 2. The highest BCUT2D eigenvalue weighted by atomic mass is 127. The van der Waals surface area contributed by atoms with Gasteiger partial charge in [-0.1, -0.05) is 42.5 Å². The summed E-state index contributed by atoms with van der Waals surface area (Å²) in [5.41, 5.74) is 1.14. The van der Waals surface area contributed by atoms with Crippen LogP contribution < -0.4 is 10.6 Å².